The Bertz CT molecular complexity index is 7450. The van der Waals surface area contributed by atoms with Crippen LogP contribution in [0, 0.1) is 79.1 Å². The minimum Gasteiger partial charge on any atom is -0.489 e. The number of hydrogen-bond donors (Lipinski definition) is 0. The minimum absolute atomic E-state index is 0.0447. The summed E-state index contributed by atoms with van der Waals surface area (Å²) in [5.41, 5.74) is 24.0. The number of piperidine rings is 4. The van der Waals surface area contributed by atoms with E-state index in [1.54, 1.807) is 38.6 Å². The second-order valence-electron chi connectivity index (χ2n) is 36.7. The van der Waals surface area contributed by atoms with E-state index in [0.717, 1.165) is 242 Å². The number of hydrogen-bond acceptors (Lipinski definition) is 16. The van der Waals surface area contributed by atoms with Gasteiger partial charge >= 0.3 is 0 Å². The number of carbonyl (C=O) groups excluding carboxylic acids is 4. The van der Waals surface area contributed by atoms with E-state index >= 15 is 0 Å². The van der Waals surface area contributed by atoms with Gasteiger partial charge in [0.25, 0.3) is 11.8 Å². The maximum atomic E-state index is 12.8. The van der Waals surface area contributed by atoms with Crippen molar-refractivity contribution in [1.82, 2.24) is 77.1 Å². The quantitative estimate of drug-likeness (QED) is 0.0453. The number of ether oxygens (including phenoxy) is 4. The van der Waals surface area contributed by atoms with Crippen molar-refractivity contribution in [2.45, 2.75) is 197 Å². The van der Waals surface area contributed by atoms with Gasteiger partial charge in [0.1, 0.15) is 72.7 Å². The van der Waals surface area contributed by atoms with Gasteiger partial charge in [-0.2, -0.15) is 0 Å². The van der Waals surface area contributed by atoms with Crippen LogP contribution in [0.25, 0.3) is 67.1 Å². The number of benzene rings is 8. The highest BCUT2D eigenvalue weighted by Crippen LogP contribution is 2.43. The number of rotatable bonds is 22. The van der Waals surface area contributed by atoms with Gasteiger partial charge in [-0.3, -0.25) is 56.7 Å². The van der Waals surface area contributed by atoms with Crippen LogP contribution in [-0.4, -0.2) is 127 Å². The summed E-state index contributed by atoms with van der Waals surface area (Å²) in [5, 5.41) is 0. The molecule has 0 spiro atoms. The summed E-state index contributed by atoms with van der Waals surface area (Å²) in [6.45, 7) is 31.9. The summed E-state index contributed by atoms with van der Waals surface area (Å²) >= 11 is 0. The van der Waals surface area contributed by atoms with Gasteiger partial charge < -0.3 is 38.5 Å². The standard InChI is InChI=1S/2C30H30N4O2.2C29H30N4O2/c1-4-9-27(35)33-16-6-5-14-26(33)30-32-28(29-22(3)31-15-17-34(29)30)24-12-8-13-25(19-24)36-20-23-11-7-10-21(2)18-23;1-4-8-27(35)33-17-6-5-11-26(33)30-32-28(29-22(3)31-16-18-34(29)30)24-14-12-23(13-15-24)20-36-25-10-7-9-21(2)19-25;1-4-26(34)32-15-6-5-13-25(32)29-31-27(28-21(3)30-14-16-33(28)29)23-11-8-12-24(18-23)35-19-22-10-7-9-20(2)17-22;1-4-26(34)32-16-6-5-10-25(32)29-31-27(28-21(3)30-15-17-33(28)29)23-13-11-22(12-14-23)19-35-24-9-7-8-20(2)18-24/h7-8,10-13,15,17-19,26H,5-6,14,16,20H2,1-3H3;7,9-10,12-16,18-19,26H,5-6,11,17,20H2,1-3H3;4,7-12,14,16-18,25H,1,5-6,13,15,19H2,2-3H3;4,7-9,11-15,17-18,25H,1,5-6,10,16,19H2,2-3H3/t2*26-;2*25-/m0000/s1. The van der Waals surface area contributed by atoms with Crippen LogP contribution in [0.2, 0.25) is 0 Å². The maximum Gasteiger partial charge on any atom is 0.299 e. The molecule has 24 nitrogen and oxygen atoms in total. The van der Waals surface area contributed by atoms with E-state index in [2.05, 4.69) is 199 Å². The molecule has 4 amide bonds. The fourth-order valence-corrected chi connectivity index (χ4v) is 19.7. The molecular formula is C118H120N16O8. The predicted molar refractivity (Wildman–Crippen MR) is 555 cm³/mol. The molecule has 4 saturated heterocycles. The number of aryl methyl sites for hydroxylation is 8. The van der Waals surface area contributed by atoms with Crippen molar-refractivity contribution >= 4 is 45.7 Å². The molecule has 0 saturated carbocycles. The molecule has 4 atom stereocenters. The van der Waals surface area contributed by atoms with Crippen LogP contribution in [0.15, 0.2) is 269 Å². The molecule has 8 aromatic carbocycles. The third-order valence-electron chi connectivity index (χ3n) is 26.6. The molecule has 0 bridgehead atoms. The third-order valence-corrected chi connectivity index (χ3v) is 26.6. The normalized spacial score (nSPS) is 15.6. The summed E-state index contributed by atoms with van der Waals surface area (Å²) in [4.78, 5) is 97.0. The molecule has 0 unspecified atom stereocenters. The lowest BCUT2D eigenvalue weighted by Gasteiger charge is -2.34. The summed E-state index contributed by atoms with van der Waals surface area (Å²) in [5.74, 6) is 17.3. The molecule has 4 aliphatic heterocycles. The first-order chi connectivity index (χ1) is 69.2. The molecule has 12 heterocycles. The maximum absolute atomic E-state index is 12.8. The van der Waals surface area contributed by atoms with E-state index in [0.29, 0.717) is 46.1 Å². The lowest BCUT2D eigenvalue weighted by atomic mass is 10.0. The van der Waals surface area contributed by atoms with Crippen molar-refractivity contribution in [2.75, 3.05) is 26.2 Å². The molecule has 16 aromatic rings. The Hall–Kier alpha value is -16.1. The molecule has 142 heavy (non-hydrogen) atoms. The molecule has 20 rings (SSSR count). The smallest absolute Gasteiger partial charge is 0.299 e. The van der Waals surface area contributed by atoms with Crippen LogP contribution in [0.3, 0.4) is 0 Å². The molecule has 720 valence electrons. The van der Waals surface area contributed by atoms with Gasteiger partial charge in [0.15, 0.2) is 0 Å². The fraction of sp³-hybridized carbons (Fsp3) is 0.288. The zero-order chi connectivity index (χ0) is 98.9. The van der Waals surface area contributed by atoms with Gasteiger partial charge in [0.05, 0.1) is 91.8 Å². The summed E-state index contributed by atoms with van der Waals surface area (Å²) in [7, 11) is 0. The van der Waals surface area contributed by atoms with Crippen molar-refractivity contribution in [1.29, 1.82) is 0 Å². The highest BCUT2D eigenvalue weighted by Gasteiger charge is 2.37. The molecular weight excluding hydrogens is 1770 g/mol. The van der Waals surface area contributed by atoms with Gasteiger partial charge in [0, 0.05) is 98.0 Å². The number of fused-ring (bicyclic) bond motifs is 4. The van der Waals surface area contributed by atoms with E-state index in [-0.39, 0.29) is 47.8 Å². The van der Waals surface area contributed by atoms with Crippen molar-refractivity contribution in [3.05, 3.63) is 360 Å². The number of amides is 4. The topological polar surface area (TPSA) is 239 Å². The highest BCUT2D eigenvalue weighted by atomic mass is 16.5. The lowest BCUT2D eigenvalue weighted by Crippen LogP contribution is -2.38. The zero-order valence-electron chi connectivity index (χ0n) is 82.5. The van der Waals surface area contributed by atoms with Crippen molar-refractivity contribution in [2.24, 2.45) is 0 Å². The number of imidazole rings is 4. The summed E-state index contributed by atoms with van der Waals surface area (Å²) in [6, 6.07) is 65.1. The fourth-order valence-electron chi connectivity index (χ4n) is 19.7. The van der Waals surface area contributed by atoms with E-state index < -0.39 is 0 Å². The average Bonchev–Trinajstić information content (AvgIpc) is 1.62. The van der Waals surface area contributed by atoms with Gasteiger partial charge in [0.2, 0.25) is 11.8 Å². The first kappa shape index (κ1) is 97.6. The zero-order valence-corrected chi connectivity index (χ0v) is 82.5. The van der Waals surface area contributed by atoms with Crippen LogP contribution in [0.5, 0.6) is 23.0 Å². The second kappa shape index (κ2) is 45.2. The minimum atomic E-state index is -0.141. The number of nitrogens with zero attached hydrogens (tertiary/aromatic N) is 16. The van der Waals surface area contributed by atoms with E-state index in [9.17, 15) is 19.2 Å². The van der Waals surface area contributed by atoms with Crippen LogP contribution in [-0.2, 0) is 45.6 Å². The summed E-state index contributed by atoms with van der Waals surface area (Å²) in [6.07, 6.45) is 29.4. The van der Waals surface area contributed by atoms with Crippen molar-refractivity contribution in [3.63, 3.8) is 0 Å². The number of aromatic nitrogens is 12. The van der Waals surface area contributed by atoms with Crippen LogP contribution in [0.1, 0.15) is 206 Å². The molecule has 0 aliphatic carbocycles. The molecule has 8 aromatic heterocycles. The Morgan fingerprint density at radius 1 is 0.324 bits per heavy atom. The first-order valence-electron chi connectivity index (χ1n) is 49.0. The van der Waals surface area contributed by atoms with Gasteiger partial charge in [-0.1, -0.05) is 182 Å². The Labute approximate surface area is 830 Å². The van der Waals surface area contributed by atoms with Crippen molar-refractivity contribution < 1.29 is 38.1 Å². The van der Waals surface area contributed by atoms with E-state index in [1.807, 2.05) is 169 Å². The molecule has 0 radical (unpaired) electrons. The van der Waals surface area contributed by atoms with Crippen LogP contribution in [0.4, 0.5) is 0 Å². The highest BCUT2D eigenvalue weighted by molar-refractivity contribution is 5.95. The Balaban J connectivity index is 0.000000130. The third kappa shape index (κ3) is 22.3. The Morgan fingerprint density at radius 2 is 0.599 bits per heavy atom. The molecule has 4 fully saturated rings. The molecule has 0 N–H and O–H groups in total. The van der Waals surface area contributed by atoms with Gasteiger partial charge in [-0.25, -0.2) is 19.9 Å². The monoisotopic (exact) mass is 1890 g/mol. The largest absolute Gasteiger partial charge is 0.489 e. The lowest BCUT2D eigenvalue weighted by molar-refractivity contribution is -0.130. The van der Waals surface area contributed by atoms with Gasteiger partial charge in [-0.15, -0.1) is 0 Å². The van der Waals surface area contributed by atoms with Crippen LogP contribution < -0.4 is 18.9 Å². The second-order valence-corrected chi connectivity index (χ2v) is 36.7. The Kier molecular flexibility index (Phi) is 31.1. The number of carbonyl (C=O) groups is 4. The van der Waals surface area contributed by atoms with Gasteiger partial charge in [-0.05, 0) is 252 Å². The van der Waals surface area contributed by atoms with E-state index in [1.165, 1.54) is 34.4 Å². The van der Waals surface area contributed by atoms with E-state index in [4.69, 9.17) is 38.9 Å². The SMILES string of the molecule is C=CC(=O)N1CCCC[C@H]1c1nc(-c2ccc(COc3cccc(C)c3)cc2)c2c(C)nccn12.C=CC(=O)N1CCCC[C@H]1c1nc(-c2cccc(OCc3cccc(C)c3)c2)c2c(C)nccn12.CC#CC(=O)N1CCCC[C@H]1c1nc(-c2ccc(COc3cccc(C)c3)cc2)c2c(C)nccn12.CC#CC(=O)N1CCCC[C@H]1c1nc(-c2cccc(OCc3cccc(C)c3)c2)c2c(C)nccn12. The average molecular weight is 1890 g/mol. The Morgan fingerprint density at radius 3 is 0.901 bits per heavy atom. The molecule has 24 heteroatoms. The van der Waals surface area contributed by atoms with Crippen molar-refractivity contribution in [3.8, 4) is 91.7 Å². The molecule has 4 aliphatic rings. The predicted octanol–water partition coefficient (Wildman–Crippen LogP) is 23.0. The van der Waals surface area contributed by atoms with Crippen LogP contribution >= 0.6 is 0 Å². The summed E-state index contributed by atoms with van der Waals surface area (Å²) < 4.78 is 32.6. The number of likely N-dealkylation sites (tertiary alicyclic amines) is 4. The first-order valence-corrected chi connectivity index (χ1v) is 49.0.